The molecule has 0 saturated heterocycles. The molecule has 1 aliphatic rings. The van der Waals surface area contributed by atoms with Crippen molar-refractivity contribution in [2.75, 3.05) is 11.9 Å². The molecule has 0 saturated carbocycles. The van der Waals surface area contributed by atoms with E-state index in [4.69, 9.17) is 4.98 Å². The number of benzene rings is 2. The van der Waals surface area contributed by atoms with Crippen molar-refractivity contribution in [3.8, 4) is 22.3 Å². The lowest BCUT2D eigenvalue weighted by Crippen LogP contribution is -2.25. The molecule has 1 aromatic heterocycles. The van der Waals surface area contributed by atoms with Crippen LogP contribution in [-0.2, 0) is 13.0 Å². The molecule has 0 amide bonds. The number of aliphatic hydroxyl groups excluding tert-OH is 1. The summed E-state index contributed by atoms with van der Waals surface area (Å²) in [6.45, 7) is 13.1. The van der Waals surface area contributed by atoms with E-state index in [1.807, 2.05) is 6.20 Å². The first-order chi connectivity index (χ1) is 13.8. The number of anilines is 1. The Bertz CT molecular complexity index is 1130. The fourth-order valence-electron chi connectivity index (χ4n) is 4.63. The number of aliphatic hydroxyl groups is 1. The number of hydrogen-bond acceptors (Lipinski definition) is 3. The minimum atomic E-state index is 0.192. The van der Waals surface area contributed by atoms with Crippen molar-refractivity contribution in [2.24, 2.45) is 0 Å². The number of nitrogens with zero attached hydrogens (tertiary/aromatic N) is 2. The van der Waals surface area contributed by atoms with Gasteiger partial charge in [0.05, 0.1) is 18.0 Å². The molecule has 3 aromatic rings. The molecule has 0 radical (unpaired) electrons. The molecule has 0 fully saturated rings. The first kappa shape index (κ1) is 19.3. The van der Waals surface area contributed by atoms with Gasteiger partial charge in [0, 0.05) is 36.5 Å². The summed E-state index contributed by atoms with van der Waals surface area (Å²) in [6, 6.07) is 10.9. The maximum atomic E-state index is 10.1. The van der Waals surface area contributed by atoms with Crippen LogP contribution in [0, 0.1) is 27.7 Å². The van der Waals surface area contributed by atoms with Crippen molar-refractivity contribution in [3.63, 3.8) is 0 Å². The molecule has 0 unspecified atom stereocenters. The first-order valence-electron chi connectivity index (χ1n) is 10.0. The standard InChI is InChI=1S/C26H28N2O/c1-15-7-9-20(10-8-15)24-19(5)25-22-11-16(2)13-27-23(22)14-28(6)26(25)18(4)21(24)12-17(3)29/h7-11,13,29H,3,12,14H2,1-2,4-6H3. The Morgan fingerprint density at radius 1 is 1.03 bits per heavy atom. The summed E-state index contributed by atoms with van der Waals surface area (Å²) in [5.41, 5.74) is 13.2. The van der Waals surface area contributed by atoms with Crippen LogP contribution in [0.2, 0.25) is 0 Å². The predicted octanol–water partition coefficient (Wildman–Crippen LogP) is 6.21. The van der Waals surface area contributed by atoms with E-state index in [1.54, 1.807) is 0 Å². The van der Waals surface area contributed by atoms with Gasteiger partial charge in [-0.2, -0.15) is 0 Å². The highest BCUT2D eigenvalue weighted by Gasteiger charge is 2.29. The monoisotopic (exact) mass is 384 g/mol. The summed E-state index contributed by atoms with van der Waals surface area (Å²) in [6.07, 6.45) is 2.40. The number of aromatic nitrogens is 1. The van der Waals surface area contributed by atoms with E-state index in [2.05, 4.69) is 76.6 Å². The molecule has 2 aromatic carbocycles. The Kier molecular flexibility index (Phi) is 4.70. The van der Waals surface area contributed by atoms with E-state index in [1.165, 1.54) is 50.2 Å². The van der Waals surface area contributed by atoms with Gasteiger partial charge in [-0.1, -0.05) is 36.4 Å². The van der Waals surface area contributed by atoms with Gasteiger partial charge in [-0.15, -0.1) is 0 Å². The highest BCUT2D eigenvalue weighted by molar-refractivity contribution is 5.94. The zero-order chi connectivity index (χ0) is 20.9. The number of fused-ring (bicyclic) bond motifs is 3. The van der Waals surface area contributed by atoms with Crippen molar-refractivity contribution in [3.05, 3.63) is 82.4 Å². The summed E-state index contributed by atoms with van der Waals surface area (Å²) >= 11 is 0. The largest absolute Gasteiger partial charge is 0.513 e. The molecule has 29 heavy (non-hydrogen) atoms. The molecule has 148 valence electrons. The van der Waals surface area contributed by atoms with Crippen LogP contribution in [0.3, 0.4) is 0 Å². The molecule has 0 spiro atoms. The molecule has 1 aliphatic heterocycles. The van der Waals surface area contributed by atoms with Crippen LogP contribution in [0.4, 0.5) is 5.69 Å². The summed E-state index contributed by atoms with van der Waals surface area (Å²) < 4.78 is 0. The molecular formula is C26H28N2O. The Labute approximate surface area is 173 Å². The predicted molar refractivity (Wildman–Crippen MR) is 122 cm³/mol. The van der Waals surface area contributed by atoms with E-state index in [0.29, 0.717) is 6.42 Å². The fraction of sp³-hybridized carbons (Fsp3) is 0.269. The van der Waals surface area contributed by atoms with Gasteiger partial charge in [-0.05, 0) is 67.1 Å². The lowest BCUT2D eigenvalue weighted by atomic mass is 9.81. The van der Waals surface area contributed by atoms with Crippen LogP contribution in [0.15, 0.2) is 48.9 Å². The van der Waals surface area contributed by atoms with Crippen molar-refractivity contribution in [1.82, 2.24) is 4.98 Å². The second kappa shape index (κ2) is 7.07. The summed E-state index contributed by atoms with van der Waals surface area (Å²) in [5.74, 6) is 0.192. The topological polar surface area (TPSA) is 36.4 Å². The quantitative estimate of drug-likeness (QED) is 0.545. The van der Waals surface area contributed by atoms with Crippen LogP contribution < -0.4 is 4.90 Å². The van der Waals surface area contributed by atoms with E-state index in [-0.39, 0.29) is 5.76 Å². The van der Waals surface area contributed by atoms with Crippen molar-refractivity contribution in [2.45, 2.75) is 40.7 Å². The van der Waals surface area contributed by atoms with Crippen molar-refractivity contribution >= 4 is 5.69 Å². The fourth-order valence-corrected chi connectivity index (χ4v) is 4.63. The minimum absolute atomic E-state index is 0.192. The molecule has 3 heteroatoms. The van der Waals surface area contributed by atoms with Gasteiger partial charge < -0.3 is 10.0 Å². The smallest absolute Gasteiger partial charge is 0.0895 e. The third kappa shape index (κ3) is 3.21. The summed E-state index contributed by atoms with van der Waals surface area (Å²) in [5, 5.41) is 10.1. The third-order valence-electron chi connectivity index (χ3n) is 5.96. The Balaban J connectivity index is 2.11. The van der Waals surface area contributed by atoms with Crippen molar-refractivity contribution in [1.29, 1.82) is 0 Å². The normalized spacial score (nSPS) is 12.5. The SMILES string of the molecule is C=C(O)Cc1c(C)c2c(c(C)c1-c1ccc(C)cc1)-c1cc(C)cnc1CN2C. The highest BCUT2D eigenvalue weighted by Crippen LogP contribution is 2.48. The Morgan fingerprint density at radius 3 is 2.38 bits per heavy atom. The van der Waals surface area contributed by atoms with Gasteiger partial charge >= 0.3 is 0 Å². The zero-order valence-corrected chi connectivity index (χ0v) is 17.9. The summed E-state index contributed by atoms with van der Waals surface area (Å²) in [4.78, 5) is 7.01. The van der Waals surface area contributed by atoms with Gasteiger partial charge in [-0.25, -0.2) is 0 Å². The number of hydrogen-bond donors (Lipinski definition) is 1. The van der Waals surface area contributed by atoms with Gasteiger partial charge in [-0.3, -0.25) is 4.98 Å². The van der Waals surface area contributed by atoms with E-state index in [0.717, 1.165) is 17.8 Å². The average Bonchev–Trinajstić information content (AvgIpc) is 2.66. The van der Waals surface area contributed by atoms with Gasteiger partial charge in [0.25, 0.3) is 0 Å². The second-order valence-electron chi connectivity index (χ2n) is 8.30. The van der Waals surface area contributed by atoms with Gasteiger partial charge in [0.2, 0.25) is 0 Å². The second-order valence-corrected chi connectivity index (χ2v) is 8.30. The number of aryl methyl sites for hydroxylation is 2. The van der Waals surface area contributed by atoms with E-state index < -0.39 is 0 Å². The van der Waals surface area contributed by atoms with Crippen LogP contribution in [0.1, 0.15) is 33.5 Å². The molecule has 1 N–H and O–H groups in total. The molecule has 0 atom stereocenters. The van der Waals surface area contributed by atoms with Crippen LogP contribution in [0.5, 0.6) is 0 Å². The highest BCUT2D eigenvalue weighted by atomic mass is 16.3. The van der Waals surface area contributed by atoms with Crippen LogP contribution >= 0.6 is 0 Å². The number of rotatable bonds is 3. The van der Waals surface area contributed by atoms with Gasteiger partial charge in [0.15, 0.2) is 0 Å². The third-order valence-corrected chi connectivity index (χ3v) is 5.96. The lowest BCUT2D eigenvalue weighted by molar-refractivity contribution is 0.401. The van der Waals surface area contributed by atoms with Crippen LogP contribution in [0.25, 0.3) is 22.3 Å². The molecule has 2 heterocycles. The molecule has 3 nitrogen and oxygen atoms in total. The zero-order valence-electron chi connectivity index (χ0n) is 17.9. The number of pyridine rings is 1. The average molecular weight is 385 g/mol. The van der Waals surface area contributed by atoms with Crippen LogP contribution in [-0.4, -0.2) is 17.1 Å². The molecule has 4 rings (SSSR count). The maximum Gasteiger partial charge on any atom is 0.0895 e. The first-order valence-corrected chi connectivity index (χ1v) is 10.0. The Morgan fingerprint density at radius 2 is 1.72 bits per heavy atom. The summed E-state index contributed by atoms with van der Waals surface area (Å²) in [7, 11) is 2.12. The van der Waals surface area contributed by atoms with E-state index in [9.17, 15) is 5.11 Å². The number of allylic oxidation sites excluding steroid dienone is 1. The van der Waals surface area contributed by atoms with Gasteiger partial charge in [0.1, 0.15) is 0 Å². The van der Waals surface area contributed by atoms with Crippen molar-refractivity contribution < 1.29 is 5.11 Å². The molecule has 0 aliphatic carbocycles. The van der Waals surface area contributed by atoms with E-state index >= 15 is 0 Å². The Hall–Kier alpha value is -3.07. The lowest BCUT2D eigenvalue weighted by Gasteiger charge is -2.34. The minimum Gasteiger partial charge on any atom is -0.513 e. The molecule has 0 bridgehead atoms. The molecular weight excluding hydrogens is 356 g/mol. The maximum absolute atomic E-state index is 10.1.